The minimum absolute atomic E-state index is 0.120. The summed E-state index contributed by atoms with van der Waals surface area (Å²) >= 11 is 0. The number of methoxy groups -OCH3 is 1. The number of hydrogen-bond donors (Lipinski definition) is 0. The van der Waals surface area contributed by atoms with Crippen molar-refractivity contribution in [3.63, 3.8) is 0 Å². The van der Waals surface area contributed by atoms with E-state index in [0.29, 0.717) is 19.7 Å². The van der Waals surface area contributed by atoms with E-state index in [9.17, 15) is 4.79 Å². The SMILES string of the molecule is COc1ccccc1CN(C)C(=O)CN1CCOC2(CCc3ccccc32)C1. The number of carbonyl (C=O) groups is 1. The van der Waals surface area contributed by atoms with Crippen LogP contribution in [0.1, 0.15) is 23.1 Å². The number of nitrogens with zero attached hydrogens (tertiary/aromatic N) is 2. The molecule has 1 atom stereocenters. The number of fused-ring (bicyclic) bond motifs is 2. The molecule has 1 aliphatic heterocycles. The van der Waals surface area contributed by atoms with Gasteiger partial charge in [0.2, 0.25) is 5.91 Å². The molecule has 1 spiro atoms. The minimum atomic E-state index is -0.254. The van der Waals surface area contributed by atoms with Gasteiger partial charge in [-0.05, 0) is 30.0 Å². The molecular formula is C23H28N2O3. The standard InChI is InChI=1S/C23H28N2O3/c1-24(15-19-8-4-6-10-21(19)27-2)22(26)16-25-13-14-28-23(17-25)12-11-18-7-3-5-9-20(18)23/h3-10H,11-17H2,1-2H3. The maximum absolute atomic E-state index is 12.9. The largest absolute Gasteiger partial charge is 0.496 e. The van der Waals surface area contributed by atoms with E-state index >= 15 is 0 Å². The predicted octanol–water partition coefficient (Wildman–Crippen LogP) is 2.83. The summed E-state index contributed by atoms with van der Waals surface area (Å²) in [5.41, 5.74) is 3.44. The van der Waals surface area contributed by atoms with Crippen LogP contribution in [0.25, 0.3) is 0 Å². The normalized spacial score (nSPS) is 21.5. The molecule has 148 valence electrons. The molecule has 0 bridgehead atoms. The molecule has 2 aromatic carbocycles. The van der Waals surface area contributed by atoms with Crippen molar-refractivity contribution in [2.75, 3.05) is 40.4 Å². The minimum Gasteiger partial charge on any atom is -0.496 e. The van der Waals surface area contributed by atoms with Crippen molar-refractivity contribution in [1.82, 2.24) is 9.80 Å². The van der Waals surface area contributed by atoms with Crippen molar-refractivity contribution in [2.45, 2.75) is 25.0 Å². The van der Waals surface area contributed by atoms with Gasteiger partial charge in [-0.3, -0.25) is 9.69 Å². The van der Waals surface area contributed by atoms with Gasteiger partial charge in [0.1, 0.15) is 11.4 Å². The zero-order valence-corrected chi connectivity index (χ0v) is 16.7. The lowest BCUT2D eigenvalue weighted by molar-refractivity contribution is -0.140. The molecule has 1 saturated heterocycles. The average Bonchev–Trinajstić information content (AvgIpc) is 3.06. The van der Waals surface area contributed by atoms with Crippen LogP contribution in [0.3, 0.4) is 0 Å². The molecule has 2 aromatic rings. The van der Waals surface area contributed by atoms with Crippen LogP contribution in [0.4, 0.5) is 0 Å². The van der Waals surface area contributed by atoms with Gasteiger partial charge in [-0.2, -0.15) is 0 Å². The second-order valence-electron chi connectivity index (χ2n) is 7.77. The van der Waals surface area contributed by atoms with Crippen molar-refractivity contribution >= 4 is 5.91 Å². The molecule has 0 saturated carbocycles. The Morgan fingerprint density at radius 1 is 1.21 bits per heavy atom. The molecule has 1 amide bonds. The maximum Gasteiger partial charge on any atom is 0.236 e. The summed E-state index contributed by atoms with van der Waals surface area (Å²) in [7, 11) is 3.52. The number of benzene rings is 2. The molecule has 0 aromatic heterocycles. The topological polar surface area (TPSA) is 42.0 Å². The molecule has 5 heteroatoms. The van der Waals surface area contributed by atoms with Crippen LogP contribution in [-0.4, -0.2) is 56.1 Å². The summed E-state index contributed by atoms with van der Waals surface area (Å²) in [5, 5.41) is 0. The first-order valence-corrected chi connectivity index (χ1v) is 9.92. The van der Waals surface area contributed by atoms with Gasteiger partial charge in [-0.25, -0.2) is 0 Å². The number of hydrogen-bond acceptors (Lipinski definition) is 4. The van der Waals surface area contributed by atoms with E-state index in [-0.39, 0.29) is 11.5 Å². The first kappa shape index (κ1) is 19.0. The van der Waals surface area contributed by atoms with Crippen molar-refractivity contribution < 1.29 is 14.3 Å². The fourth-order valence-corrected chi connectivity index (χ4v) is 4.45. The molecule has 0 radical (unpaired) electrons. The number of rotatable bonds is 5. The molecule has 28 heavy (non-hydrogen) atoms. The van der Waals surface area contributed by atoms with Gasteiger partial charge < -0.3 is 14.4 Å². The highest BCUT2D eigenvalue weighted by Gasteiger charge is 2.43. The van der Waals surface area contributed by atoms with Crippen molar-refractivity contribution in [3.05, 3.63) is 65.2 Å². The summed E-state index contributed by atoms with van der Waals surface area (Å²) in [6.07, 6.45) is 2.04. The van der Waals surface area contributed by atoms with E-state index in [2.05, 4.69) is 29.2 Å². The van der Waals surface area contributed by atoms with E-state index in [1.807, 2.05) is 31.3 Å². The van der Waals surface area contributed by atoms with Crippen LogP contribution in [0, 0.1) is 0 Å². The number of para-hydroxylation sites is 1. The highest BCUT2D eigenvalue weighted by atomic mass is 16.5. The zero-order valence-electron chi connectivity index (χ0n) is 16.7. The quantitative estimate of drug-likeness (QED) is 0.800. The first-order valence-electron chi connectivity index (χ1n) is 9.92. The molecule has 5 nitrogen and oxygen atoms in total. The molecule has 1 fully saturated rings. The number of ether oxygens (including phenoxy) is 2. The Balaban J connectivity index is 1.41. The summed E-state index contributed by atoms with van der Waals surface area (Å²) in [6, 6.07) is 16.4. The van der Waals surface area contributed by atoms with Gasteiger partial charge in [-0.1, -0.05) is 42.5 Å². The van der Waals surface area contributed by atoms with E-state index in [1.54, 1.807) is 12.0 Å². The fourth-order valence-electron chi connectivity index (χ4n) is 4.45. The lowest BCUT2D eigenvalue weighted by Crippen LogP contribution is -2.51. The van der Waals surface area contributed by atoms with Gasteiger partial charge in [0.05, 0.1) is 20.3 Å². The van der Waals surface area contributed by atoms with Gasteiger partial charge >= 0.3 is 0 Å². The summed E-state index contributed by atoms with van der Waals surface area (Å²) in [5.74, 6) is 0.935. The third kappa shape index (κ3) is 3.64. The lowest BCUT2D eigenvalue weighted by atomic mass is 9.93. The van der Waals surface area contributed by atoms with Crippen LogP contribution in [0.2, 0.25) is 0 Å². The Hall–Kier alpha value is -2.37. The van der Waals surface area contributed by atoms with Crippen LogP contribution in [0.5, 0.6) is 5.75 Å². The van der Waals surface area contributed by atoms with Gasteiger partial charge in [0.25, 0.3) is 0 Å². The summed E-state index contributed by atoms with van der Waals surface area (Å²) in [4.78, 5) is 16.9. The fraction of sp³-hybridized carbons (Fsp3) is 0.435. The van der Waals surface area contributed by atoms with Gasteiger partial charge in [0, 0.05) is 32.2 Å². The molecular weight excluding hydrogens is 352 g/mol. The van der Waals surface area contributed by atoms with E-state index in [4.69, 9.17) is 9.47 Å². The van der Waals surface area contributed by atoms with E-state index in [0.717, 1.165) is 37.2 Å². The predicted molar refractivity (Wildman–Crippen MR) is 108 cm³/mol. The number of likely N-dealkylation sites (N-methyl/N-ethyl adjacent to an activating group) is 1. The Kier molecular flexibility index (Phi) is 5.38. The monoisotopic (exact) mass is 380 g/mol. The average molecular weight is 380 g/mol. The second kappa shape index (κ2) is 7.94. The Bertz CT molecular complexity index is 849. The van der Waals surface area contributed by atoms with Crippen molar-refractivity contribution in [2.24, 2.45) is 0 Å². The second-order valence-corrected chi connectivity index (χ2v) is 7.77. The molecule has 1 heterocycles. The van der Waals surface area contributed by atoms with Crippen molar-refractivity contribution in [3.8, 4) is 5.75 Å². The molecule has 0 N–H and O–H groups in total. The Labute approximate surface area is 166 Å². The highest BCUT2D eigenvalue weighted by molar-refractivity contribution is 5.78. The molecule has 4 rings (SSSR count). The van der Waals surface area contributed by atoms with Crippen LogP contribution < -0.4 is 4.74 Å². The molecule has 1 aliphatic carbocycles. The Morgan fingerprint density at radius 2 is 2.00 bits per heavy atom. The molecule has 1 unspecified atom stereocenters. The smallest absolute Gasteiger partial charge is 0.236 e. The Morgan fingerprint density at radius 3 is 2.86 bits per heavy atom. The van der Waals surface area contributed by atoms with E-state index < -0.39 is 0 Å². The summed E-state index contributed by atoms with van der Waals surface area (Å²) in [6.45, 7) is 3.19. The van der Waals surface area contributed by atoms with Gasteiger partial charge in [-0.15, -0.1) is 0 Å². The third-order valence-corrected chi connectivity index (χ3v) is 5.96. The van der Waals surface area contributed by atoms with Crippen molar-refractivity contribution in [1.29, 1.82) is 0 Å². The summed E-state index contributed by atoms with van der Waals surface area (Å²) < 4.78 is 11.7. The third-order valence-electron chi connectivity index (χ3n) is 5.96. The number of aryl methyl sites for hydroxylation is 1. The van der Waals surface area contributed by atoms with E-state index in [1.165, 1.54) is 11.1 Å². The van der Waals surface area contributed by atoms with Crippen LogP contribution in [-0.2, 0) is 28.1 Å². The number of amides is 1. The number of morpholine rings is 1. The first-order chi connectivity index (χ1) is 13.6. The zero-order chi connectivity index (χ0) is 19.6. The highest BCUT2D eigenvalue weighted by Crippen LogP contribution is 2.42. The van der Waals surface area contributed by atoms with Crippen LogP contribution >= 0.6 is 0 Å². The van der Waals surface area contributed by atoms with Crippen LogP contribution in [0.15, 0.2) is 48.5 Å². The van der Waals surface area contributed by atoms with Gasteiger partial charge in [0.15, 0.2) is 0 Å². The maximum atomic E-state index is 12.9. The lowest BCUT2D eigenvalue weighted by Gasteiger charge is -2.41. The number of carbonyl (C=O) groups excluding carboxylic acids is 1. The molecule has 2 aliphatic rings.